The summed E-state index contributed by atoms with van der Waals surface area (Å²) in [5.74, 6) is 0.703. The summed E-state index contributed by atoms with van der Waals surface area (Å²) in [6.07, 6.45) is 2.35. The summed E-state index contributed by atoms with van der Waals surface area (Å²) < 4.78 is 18.3. The lowest BCUT2D eigenvalue weighted by molar-refractivity contribution is -0.114. The number of nitrogens with zero attached hydrogens (tertiary/aromatic N) is 1. The monoisotopic (exact) mass is 332 g/mol. The molecule has 7 heteroatoms. The van der Waals surface area contributed by atoms with Crippen molar-refractivity contribution >= 4 is 17.6 Å². The first kappa shape index (κ1) is 17.5. The summed E-state index contributed by atoms with van der Waals surface area (Å²) in [6.45, 7) is 3.19. The van der Waals surface area contributed by atoms with E-state index < -0.39 is 5.82 Å². The fourth-order valence-electron chi connectivity index (χ4n) is 2.02. The van der Waals surface area contributed by atoms with Crippen LogP contribution >= 0.6 is 0 Å². The van der Waals surface area contributed by atoms with Gasteiger partial charge in [-0.3, -0.25) is 4.79 Å². The Bertz CT molecular complexity index is 671. The van der Waals surface area contributed by atoms with Crippen molar-refractivity contribution in [3.8, 4) is 0 Å². The average molecular weight is 332 g/mol. The molecule has 0 atom stereocenters. The Hall–Kier alpha value is -2.83. The van der Waals surface area contributed by atoms with E-state index in [1.807, 2.05) is 19.1 Å². The number of furan rings is 1. The highest BCUT2D eigenvalue weighted by Crippen LogP contribution is 2.08. The lowest BCUT2D eigenvalue weighted by Gasteiger charge is -2.10. The van der Waals surface area contributed by atoms with E-state index in [-0.39, 0.29) is 12.5 Å². The number of benzene rings is 1. The minimum atomic E-state index is -0.399. The molecule has 6 nitrogen and oxygen atoms in total. The SMILES string of the molecule is CCNC(=NCC(=O)Nc1cccc(F)c1)NCCc1ccco1. The van der Waals surface area contributed by atoms with Crippen molar-refractivity contribution < 1.29 is 13.6 Å². The minimum absolute atomic E-state index is 0.0629. The van der Waals surface area contributed by atoms with Crippen LogP contribution in [-0.4, -0.2) is 31.5 Å². The zero-order chi connectivity index (χ0) is 17.2. The average Bonchev–Trinajstić information content (AvgIpc) is 3.06. The third kappa shape index (κ3) is 6.12. The molecule has 1 aromatic heterocycles. The van der Waals surface area contributed by atoms with Crippen LogP contribution in [0.1, 0.15) is 12.7 Å². The largest absolute Gasteiger partial charge is 0.469 e. The molecule has 0 saturated heterocycles. The predicted molar refractivity (Wildman–Crippen MR) is 91.4 cm³/mol. The topological polar surface area (TPSA) is 78.7 Å². The number of anilines is 1. The van der Waals surface area contributed by atoms with Crippen LogP contribution in [-0.2, 0) is 11.2 Å². The Morgan fingerprint density at radius 1 is 1.25 bits per heavy atom. The van der Waals surface area contributed by atoms with Crippen LogP contribution in [0.2, 0.25) is 0 Å². The van der Waals surface area contributed by atoms with Gasteiger partial charge in [0.1, 0.15) is 18.1 Å². The van der Waals surface area contributed by atoms with Gasteiger partial charge >= 0.3 is 0 Å². The lowest BCUT2D eigenvalue weighted by Crippen LogP contribution is -2.39. The third-order valence-corrected chi connectivity index (χ3v) is 3.08. The molecule has 0 aliphatic heterocycles. The number of aliphatic imine (C=N–C) groups is 1. The number of carbonyl (C=O) groups is 1. The highest BCUT2D eigenvalue weighted by molar-refractivity contribution is 5.94. The molecule has 1 amide bonds. The van der Waals surface area contributed by atoms with Crippen molar-refractivity contribution in [1.82, 2.24) is 10.6 Å². The molecular formula is C17H21FN4O2. The number of rotatable bonds is 7. The second-order valence-corrected chi connectivity index (χ2v) is 5.01. The second kappa shape index (κ2) is 9.34. The number of amides is 1. The Kier molecular flexibility index (Phi) is 6.82. The summed E-state index contributed by atoms with van der Waals surface area (Å²) in [5, 5.41) is 8.79. The standard InChI is InChI=1S/C17H21FN4O2/c1-2-19-17(20-9-8-15-7-4-10-24-15)21-12-16(23)22-14-6-3-5-13(18)11-14/h3-7,10-11H,2,8-9,12H2,1H3,(H,22,23)(H2,19,20,21). The molecule has 1 aromatic carbocycles. The Morgan fingerprint density at radius 3 is 2.83 bits per heavy atom. The van der Waals surface area contributed by atoms with E-state index in [4.69, 9.17) is 4.42 Å². The maximum absolute atomic E-state index is 13.1. The van der Waals surface area contributed by atoms with Gasteiger partial charge in [0.15, 0.2) is 5.96 Å². The molecule has 0 radical (unpaired) electrons. The van der Waals surface area contributed by atoms with Gasteiger partial charge in [0, 0.05) is 25.2 Å². The van der Waals surface area contributed by atoms with E-state index in [1.54, 1.807) is 12.3 Å². The van der Waals surface area contributed by atoms with E-state index in [0.29, 0.717) is 31.2 Å². The van der Waals surface area contributed by atoms with Gasteiger partial charge in [-0.2, -0.15) is 0 Å². The molecule has 0 aliphatic rings. The normalized spacial score (nSPS) is 11.2. The first-order valence-electron chi connectivity index (χ1n) is 7.77. The number of carbonyl (C=O) groups excluding carboxylic acids is 1. The van der Waals surface area contributed by atoms with Crippen LogP contribution in [0.4, 0.5) is 10.1 Å². The molecule has 3 N–H and O–H groups in total. The van der Waals surface area contributed by atoms with Crippen LogP contribution in [0.15, 0.2) is 52.1 Å². The lowest BCUT2D eigenvalue weighted by atomic mass is 10.3. The van der Waals surface area contributed by atoms with Crippen LogP contribution < -0.4 is 16.0 Å². The van der Waals surface area contributed by atoms with Crippen molar-refractivity contribution in [2.45, 2.75) is 13.3 Å². The number of nitrogens with one attached hydrogen (secondary N) is 3. The Labute approximate surface area is 140 Å². The van der Waals surface area contributed by atoms with Gasteiger partial charge in [-0.25, -0.2) is 9.38 Å². The molecule has 128 valence electrons. The predicted octanol–water partition coefficient (Wildman–Crippen LogP) is 2.15. The zero-order valence-corrected chi connectivity index (χ0v) is 13.5. The molecule has 0 unspecified atom stereocenters. The zero-order valence-electron chi connectivity index (χ0n) is 13.5. The van der Waals surface area contributed by atoms with Gasteiger partial charge in [0.2, 0.25) is 5.91 Å². The molecule has 0 fully saturated rings. The molecular weight excluding hydrogens is 311 g/mol. The van der Waals surface area contributed by atoms with E-state index in [1.165, 1.54) is 18.2 Å². The van der Waals surface area contributed by atoms with Crippen molar-refractivity contribution in [2.75, 3.05) is 25.0 Å². The molecule has 1 heterocycles. The molecule has 0 saturated carbocycles. The number of hydrogen-bond donors (Lipinski definition) is 3. The molecule has 2 rings (SSSR count). The highest BCUT2D eigenvalue weighted by atomic mass is 19.1. The van der Waals surface area contributed by atoms with Gasteiger partial charge in [-0.05, 0) is 37.3 Å². The number of halogens is 1. The van der Waals surface area contributed by atoms with Crippen LogP contribution in [0, 0.1) is 5.82 Å². The smallest absolute Gasteiger partial charge is 0.246 e. The molecule has 0 aliphatic carbocycles. The maximum atomic E-state index is 13.1. The van der Waals surface area contributed by atoms with Gasteiger partial charge in [0.25, 0.3) is 0 Å². The number of hydrogen-bond acceptors (Lipinski definition) is 3. The molecule has 0 spiro atoms. The molecule has 24 heavy (non-hydrogen) atoms. The van der Waals surface area contributed by atoms with Gasteiger partial charge < -0.3 is 20.4 Å². The second-order valence-electron chi connectivity index (χ2n) is 5.01. The fourth-order valence-corrected chi connectivity index (χ4v) is 2.02. The van der Waals surface area contributed by atoms with Gasteiger partial charge in [-0.1, -0.05) is 6.07 Å². The Balaban J connectivity index is 1.81. The maximum Gasteiger partial charge on any atom is 0.246 e. The summed E-state index contributed by atoms with van der Waals surface area (Å²) in [5.41, 5.74) is 0.408. The summed E-state index contributed by atoms with van der Waals surface area (Å²) in [4.78, 5) is 16.1. The first-order valence-corrected chi connectivity index (χ1v) is 7.77. The quantitative estimate of drug-likeness (QED) is 0.536. The highest BCUT2D eigenvalue weighted by Gasteiger charge is 2.04. The minimum Gasteiger partial charge on any atom is -0.469 e. The van der Waals surface area contributed by atoms with Crippen LogP contribution in [0.5, 0.6) is 0 Å². The van der Waals surface area contributed by atoms with Gasteiger partial charge in [-0.15, -0.1) is 0 Å². The summed E-state index contributed by atoms with van der Waals surface area (Å²) >= 11 is 0. The fraction of sp³-hybridized carbons (Fsp3) is 0.294. The van der Waals surface area contributed by atoms with Crippen LogP contribution in [0.3, 0.4) is 0 Å². The van der Waals surface area contributed by atoms with Crippen molar-refractivity contribution in [1.29, 1.82) is 0 Å². The Morgan fingerprint density at radius 2 is 2.12 bits per heavy atom. The molecule has 2 aromatic rings. The number of guanidine groups is 1. The van der Waals surface area contributed by atoms with E-state index in [9.17, 15) is 9.18 Å². The van der Waals surface area contributed by atoms with Crippen LogP contribution in [0.25, 0.3) is 0 Å². The van der Waals surface area contributed by atoms with E-state index in [2.05, 4.69) is 20.9 Å². The van der Waals surface area contributed by atoms with E-state index in [0.717, 1.165) is 5.76 Å². The first-order chi connectivity index (χ1) is 11.7. The van der Waals surface area contributed by atoms with Crippen molar-refractivity contribution in [3.05, 3.63) is 54.2 Å². The van der Waals surface area contributed by atoms with Gasteiger partial charge in [0.05, 0.1) is 6.26 Å². The van der Waals surface area contributed by atoms with Crippen molar-refractivity contribution in [2.24, 2.45) is 4.99 Å². The molecule has 0 bridgehead atoms. The van der Waals surface area contributed by atoms with Crippen molar-refractivity contribution in [3.63, 3.8) is 0 Å². The summed E-state index contributed by atoms with van der Waals surface area (Å²) in [7, 11) is 0. The van der Waals surface area contributed by atoms with E-state index >= 15 is 0 Å². The summed E-state index contributed by atoms with van der Waals surface area (Å²) in [6, 6.07) is 9.48. The third-order valence-electron chi connectivity index (χ3n) is 3.08.